The van der Waals surface area contributed by atoms with Crippen molar-refractivity contribution < 1.29 is 14.0 Å². The topological polar surface area (TPSA) is 58.2 Å². The lowest BCUT2D eigenvalue weighted by molar-refractivity contribution is -0.126. The Hall–Kier alpha value is -2.21. The highest BCUT2D eigenvalue weighted by Gasteiger charge is 2.30. The molecule has 0 saturated heterocycles. The highest BCUT2D eigenvalue weighted by Crippen LogP contribution is 2.32. The van der Waals surface area contributed by atoms with Gasteiger partial charge in [0, 0.05) is 23.5 Å². The molecule has 114 valence electrons. The highest BCUT2D eigenvalue weighted by molar-refractivity contribution is 7.09. The molecule has 0 spiro atoms. The predicted molar refractivity (Wildman–Crippen MR) is 83.4 cm³/mol. The third-order valence-corrected chi connectivity index (χ3v) is 4.56. The summed E-state index contributed by atoms with van der Waals surface area (Å²) in [5.41, 5.74) is 1.05. The quantitative estimate of drug-likeness (QED) is 0.910. The van der Waals surface area contributed by atoms with Gasteiger partial charge in [-0.25, -0.2) is 4.39 Å². The molecular formula is C16H15FN2O2S. The smallest absolute Gasteiger partial charge is 0.228 e. The molecule has 2 heterocycles. The van der Waals surface area contributed by atoms with Crippen molar-refractivity contribution in [1.29, 1.82) is 0 Å². The van der Waals surface area contributed by atoms with E-state index in [0.717, 1.165) is 6.42 Å². The monoisotopic (exact) mass is 318 g/mol. The number of anilines is 1. The number of carbonyl (C=O) groups is 2. The summed E-state index contributed by atoms with van der Waals surface area (Å²) in [7, 11) is 0. The van der Waals surface area contributed by atoms with Gasteiger partial charge in [-0.1, -0.05) is 12.1 Å². The number of nitrogens with one attached hydrogen (secondary N) is 2. The zero-order valence-corrected chi connectivity index (χ0v) is 12.6. The minimum Gasteiger partial charge on any atom is -0.355 e. The van der Waals surface area contributed by atoms with Crippen molar-refractivity contribution in [3.63, 3.8) is 0 Å². The molecule has 0 radical (unpaired) electrons. The van der Waals surface area contributed by atoms with Crippen LogP contribution in [-0.2, 0) is 16.0 Å². The Kier molecular flexibility index (Phi) is 4.20. The van der Waals surface area contributed by atoms with E-state index < -0.39 is 11.7 Å². The molecule has 2 amide bonds. The van der Waals surface area contributed by atoms with E-state index in [9.17, 15) is 14.0 Å². The first-order chi connectivity index (χ1) is 10.6. The van der Waals surface area contributed by atoms with Crippen molar-refractivity contribution in [3.8, 4) is 0 Å². The van der Waals surface area contributed by atoms with E-state index >= 15 is 0 Å². The maximum atomic E-state index is 13.3. The molecule has 1 aromatic heterocycles. The Bertz CT molecular complexity index is 700. The summed E-state index contributed by atoms with van der Waals surface area (Å²) in [6.45, 7) is 0.522. The summed E-state index contributed by atoms with van der Waals surface area (Å²) in [5, 5.41) is 7.46. The van der Waals surface area contributed by atoms with Crippen molar-refractivity contribution in [1.82, 2.24) is 5.32 Å². The van der Waals surface area contributed by atoms with E-state index in [1.165, 1.54) is 17.0 Å². The molecule has 4 nitrogen and oxygen atoms in total. The van der Waals surface area contributed by atoms with Crippen molar-refractivity contribution in [2.75, 3.05) is 11.9 Å². The Morgan fingerprint density at radius 3 is 3.05 bits per heavy atom. The molecule has 2 aromatic rings. The van der Waals surface area contributed by atoms with Crippen LogP contribution in [0.3, 0.4) is 0 Å². The Labute approximate surface area is 131 Å². The summed E-state index contributed by atoms with van der Waals surface area (Å²) in [4.78, 5) is 25.2. The lowest BCUT2D eigenvalue weighted by Crippen LogP contribution is -2.35. The van der Waals surface area contributed by atoms with Gasteiger partial charge in [0.1, 0.15) is 5.82 Å². The van der Waals surface area contributed by atoms with Crippen LogP contribution in [0.4, 0.5) is 10.1 Å². The lowest BCUT2D eigenvalue weighted by Gasteiger charge is -2.24. The number of benzene rings is 1. The summed E-state index contributed by atoms with van der Waals surface area (Å²) in [6, 6.07) is 8.11. The number of thiophene rings is 1. The molecule has 0 fully saturated rings. The van der Waals surface area contributed by atoms with Crippen LogP contribution in [0.5, 0.6) is 0 Å². The number of rotatable bonds is 4. The highest BCUT2D eigenvalue weighted by atomic mass is 32.1. The van der Waals surface area contributed by atoms with Crippen LogP contribution in [0.15, 0.2) is 35.7 Å². The van der Waals surface area contributed by atoms with E-state index in [0.29, 0.717) is 17.8 Å². The van der Waals surface area contributed by atoms with Crippen LogP contribution in [0, 0.1) is 5.82 Å². The molecule has 2 N–H and O–H groups in total. The van der Waals surface area contributed by atoms with Gasteiger partial charge in [0.25, 0.3) is 0 Å². The van der Waals surface area contributed by atoms with Crippen LogP contribution in [0.1, 0.15) is 22.8 Å². The molecule has 6 heteroatoms. The van der Waals surface area contributed by atoms with Crippen molar-refractivity contribution in [3.05, 3.63) is 52.0 Å². The average Bonchev–Trinajstić information content (AvgIpc) is 2.99. The fourth-order valence-corrected chi connectivity index (χ4v) is 3.27. The Morgan fingerprint density at radius 2 is 2.27 bits per heavy atom. The average molecular weight is 318 g/mol. The van der Waals surface area contributed by atoms with Gasteiger partial charge in [0.2, 0.25) is 11.8 Å². The first kappa shape index (κ1) is 14.7. The summed E-state index contributed by atoms with van der Waals surface area (Å²) in [5.74, 6) is -1.46. The van der Waals surface area contributed by atoms with Gasteiger partial charge < -0.3 is 10.6 Å². The zero-order valence-electron chi connectivity index (χ0n) is 11.8. The van der Waals surface area contributed by atoms with Crippen LogP contribution >= 0.6 is 11.3 Å². The molecule has 0 unspecified atom stereocenters. The molecule has 0 aliphatic carbocycles. The first-order valence-corrected chi connectivity index (χ1v) is 7.91. The minimum atomic E-state index is -0.562. The van der Waals surface area contributed by atoms with Crippen LogP contribution in [0.25, 0.3) is 0 Å². The fourth-order valence-electron chi connectivity index (χ4n) is 2.56. The second kappa shape index (κ2) is 6.27. The predicted octanol–water partition coefficient (Wildman–Crippen LogP) is 2.67. The molecule has 0 bridgehead atoms. The van der Waals surface area contributed by atoms with E-state index in [1.54, 1.807) is 17.4 Å². The van der Waals surface area contributed by atoms with E-state index in [2.05, 4.69) is 10.6 Å². The van der Waals surface area contributed by atoms with E-state index in [4.69, 9.17) is 0 Å². The first-order valence-electron chi connectivity index (χ1n) is 7.03. The van der Waals surface area contributed by atoms with Gasteiger partial charge in [-0.05, 0) is 35.6 Å². The third-order valence-electron chi connectivity index (χ3n) is 3.62. The molecule has 1 aliphatic rings. The number of fused-ring (bicyclic) bond motifs is 1. The number of halogens is 1. The molecular weight excluding hydrogens is 303 g/mol. The van der Waals surface area contributed by atoms with Crippen LogP contribution in [0.2, 0.25) is 0 Å². The maximum absolute atomic E-state index is 13.3. The summed E-state index contributed by atoms with van der Waals surface area (Å²) >= 11 is 1.64. The molecule has 3 rings (SSSR count). The van der Waals surface area contributed by atoms with Gasteiger partial charge in [0.15, 0.2) is 0 Å². The largest absolute Gasteiger partial charge is 0.355 e. The molecule has 1 aliphatic heterocycles. The van der Waals surface area contributed by atoms with Gasteiger partial charge in [-0.15, -0.1) is 11.3 Å². The third kappa shape index (κ3) is 3.17. The van der Waals surface area contributed by atoms with Crippen LogP contribution < -0.4 is 10.6 Å². The fraction of sp³-hybridized carbons (Fsp3) is 0.250. The molecule has 1 aromatic carbocycles. The van der Waals surface area contributed by atoms with Crippen molar-refractivity contribution in [2.24, 2.45) is 0 Å². The minimum absolute atomic E-state index is 0.0868. The number of amides is 2. The summed E-state index contributed by atoms with van der Waals surface area (Å²) < 4.78 is 13.3. The Morgan fingerprint density at radius 1 is 1.41 bits per heavy atom. The molecule has 1 atom stereocenters. The van der Waals surface area contributed by atoms with Crippen molar-refractivity contribution in [2.45, 2.75) is 18.8 Å². The zero-order chi connectivity index (χ0) is 15.5. The van der Waals surface area contributed by atoms with Gasteiger partial charge in [-0.3, -0.25) is 9.59 Å². The number of hydrogen-bond acceptors (Lipinski definition) is 3. The number of hydrogen-bond donors (Lipinski definition) is 2. The SMILES string of the molecule is O=C1C[C@@H](C(=O)NCCc2cccs2)c2ccc(F)cc2N1. The van der Waals surface area contributed by atoms with E-state index in [1.807, 2.05) is 17.5 Å². The maximum Gasteiger partial charge on any atom is 0.228 e. The van der Waals surface area contributed by atoms with Crippen LogP contribution in [-0.4, -0.2) is 18.4 Å². The van der Waals surface area contributed by atoms with Gasteiger partial charge in [0.05, 0.1) is 5.92 Å². The van der Waals surface area contributed by atoms with Crippen molar-refractivity contribution >= 4 is 28.8 Å². The van der Waals surface area contributed by atoms with Gasteiger partial charge >= 0.3 is 0 Å². The lowest BCUT2D eigenvalue weighted by atomic mass is 9.89. The molecule has 0 saturated carbocycles. The number of carbonyl (C=O) groups excluding carboxylic acids is 2. The molecule has 22 heavy (non-hydrogen) atoms. The Balaban J connectivity index is 1.68. The second-order valence-electron chi connectivity index (χ2n) is 5.16. The van der Waals surface area contributed by atoms with Gasteiger partial charge in [-0.2, -0.15) is 0 Å². The summed E-state index contributed by atoms with van der Waals surface area (Å²) in [6.07, 6.45) is 0.849. The second-order valence-corrected chi connectivity index (χ2v) is 6.19. The normalized spacial score (nSPS) is 16.8. The standard InChI is InChI=1S/C16H15FN2O2S/c17-10-3-4-12-13(9-15(20)19-14(12)8-10)16(21)18-6-5-11-2-1-7-22-11/h1-4,7-8,13H,5-6,9H2,(H,18,21)(H,19,20)/t13-/m1/s1. The van der Waals surface area contributed by atoms with E-state index in [-0.39, 0.29) is 18.2 Å².